The maximum atomic E-state index is 10.6. The molecular weight excluding hydrogens is 626 g/mol. The molecule has 0 saturated heterocycles. The molecule has 1 atom stereocenters. The number of hydrogen-bond donors (Lipinski definition) is 5. The third-order valence-corrected chi connectivity index (χ3v) is 4.80. The van der Waals surface area contributed by atoms with E-state index in [1.807, 2.05) is 42.3 Å². The fourth-order valence-electron chi connectivity index (χ4n) is 2.58. The van der Waals surface area contributed by atoms with Gasteiger partial charge in [-0.05, 0) is 53.3 Å². The number of nitrogens with one attached hydrogen (secondary N) is 1. The molecule has 3 rings (SSSR count). The molecule has 0 fully saturated rings. The number of benzene rings is 1. The van der Waals surface area contributed by atoms with E-state index in [4.69, 9.17) is 29.6 Å². The number of aromatic amines is 1. The standard InChI is InChI=1S/C18H21BrN4O3.2C2HF3O2/c1-23(6-7-24)10-14(25)11-26-15-4-2-12(3-5-15)17-21-16-8-13(19)9-20-18(16)22-17;2*3-2(4,5)1(6)7/h2-5,8-9,14,24-25H,6-7,10-11H2,1H3,(H,20,21,22);2*(H,6,7). The molecule has 11 nitrogen and oxygen atoms in total. The van der Waals surface area contributed by atoms with Crippen LogP contribution in [0.2, 0.25) is 0 Å². The summed E-state index contributed by atoms with van der Waals surface area (Å²) in [5.74, 6) is -4.10. The first kappa shape index (κ1) is 34.5. The average molecular weight is 649 g/mol. The van der Waals surface area contributed by atoms with Crippen LogP contribution in [0.25, 0.3) is 22.6 Å². The van der Waals surface area contributed by atoms with Gasteiger partial charge < -0.3 is 35.0 Å². The van der Waals surface area contributed by atoms with E-state index in [1.165, 1.54) is 0 Å². The topological polar surface area (TPSA) is 169 Å². The number of halogens is 7. The number of rotatable bonds is 8. The summed E-state index contributed by atoms with van der Waals surface area (Å²) in [5, 5.41) is 33.1. The van der Waals surface area contributed by atoms with Crippen LogP contribution in [0.5, 0.6) is 5.75 Å². The van der Waals surface area contributed by atoms with Gasteiger partial charge in [-0.1, -0.05) is 0 Å². The molecular formula is C22H23BrF6N4O7. The lowest BCUT2D eigenvalue weighted by atomic mass is 10.2. The highest BCUT2D eigenvalue weighted by molar-refractivity contribution is 9.10. The summed E-state index contributed by atoms with van der Waals surface area (Å²) in [4.78, 5) is 31.7. The fourth-order valence-corrected chi connectivity index (χ4v) is 2.90. The zero-order valence-corrected chi connectivity index (χ0v) is 22.0. The first-order chi connectivity index (χ1) is 18.4. The van der Waals surface area contributed by atoms with Crippen molar-refractivity contribution in [3.63, 3.8) is 0 Å². The Morgan fingerprint density at radius 2 is 1.60 bits per heavy atom. The maximum absolute atomic E-state index is 10.6. The van der Waals surface area contributed by atoms with E-state index in [-0.39, 0.29) is 13.2 Å². The van der Waals surface area contributed by atoms with Gasteiger partial charge in [0, 0.05) is 29.3 Å². The number of carboxylic acids is 2. The smallest absolute Gasteiger partial charge is 0.490 e. The van der Waals surface area contributed by atoms with Crippen LogP contribution in [-0.4, -0.2) is 104 Å². The monoisotopic (exact) mass is 648 g/mol. The van der Waals surface area contributed by atoms with Gasteiger partial charge in [0.1, 0.15) is 29.8 Å². The van der Waals surface area contributed by atoms with Gasteiger partial charge in [0.25, 0.3) is 0 Å². The first-order valence-electron chi connectivity index (χ1n) is 10.8. The van der Waals surface area contributed by atoms with E-state index >= 15 is 0 Å². The molecule has 3 aromatic rings. The molecule has 2 aromatic heterocycles. The Morgan fingerprint density at radius 3 is 2.08 bits per heavy atom. The van der Waals surface area contributed by atoms with Crippen LogP contribution in [-0.2, 0) is 9.59 Å². The molecule has 40 heavy (non-hydrogen) atoms. The number of pyridine rings is 1. The predicted octanol–water partition coefficient (Wildman–Crippen LogP) is 3.32. The maximum Gasteiger partial charge on any atom is 0.490 e. The summed E-state index contributed by atoms with van der Waals surface area (Å²) in [7, 11) is 1.84. The molecule has 222 valence electrons. The Hall–Kier alpha value is -3.48. The van der Waals surface area contributed by atoms with Crippen molar-refractivity contribution in [2.45, 2.75) is 18.5 Å². The van der Waals surface area contributed by atoms with Gasteiger partial charge >= 0.3 is 24.3 Å². The van der Waals surface area contributed by atoms with E-state index in [1.54, 1.807) is 6.20 Å². The number of nitrogens with zero attached hydrogens (tertiary/aromatic N) is 3. The molecule has 0 saturated carbocycles. The van der Waals surface area contributed by atoms with Gasteiger partial charge in [0.2, 0.25) is 0 Å². The molecule has 0 aliphatic carbocycles. The molecule has 0 amide bonds. The molecule has 0 aliphatic rings. The number of aliphatic carboxylic acids is 2. The highest BCUT2D eigenvalue weighted by atomic mass is 79.9. The normalized spacial score (nSPS) is 12.2. The molecule has 1 unspecified atom stereocenters. The summed E-state index contributed by atoms with van der Waals surface area (Å²) >= 11 is 3.39. The van der Waals surface area contributed by atoms with Crippen LogP contribution in [0.3, 0.4) is 0 Å². The van der Waals surface area contributed by atoms with E-state index < -0.39 is 30.4 Å². The summed E-state index contributed by atoms with van der Waals surface area (Å²) in [5.41, 5.74) is 2.46. The summed E-state index contributed by atoms with van der Waals surface area (Å²) in [6.45, 7) is 1.23. The molecule has 18 heteroatoms. The van der Waals surface area contributed by atoms with Crippen LogP contribution < -0.4 is 4.74 Å². The number of aromatic nitrogens is 3. The van der Waals surface area contributed by atoms with Gasteiger partial charge in [-0.2, -0.15) is 26.3 Å². The molecule has 0 bridgehead atoms. The lowest BCUT2D eigenvalue weighted by molar-refractivity contribution is -0.193. The fraction of sp³-hybridized carbons (Fsp3) is 0.364. The van der Waals surface area contributed by atoms with Crippen molar-refractivity contribution in [2.75, 3.05) is 33.4 Å². The minimum absolute atomic E-state index is 0.0692. The Kier molecular flexibility index (Phi) is 13.3. The Morgan fingerprint density at radius 1 is 1.07 bits per heavy atom. The number of H-pyrrole nitrogens is 1. The third kappa shape index (κ3) is 12.6. The zero-order valence-electron chi connectivity index (χ0n) is 20.4. The van der Waals surface area contributed by atoms with Crippen molar-refractivity contribution in [3.8, 4) is 17.1 Å². The molecule has 0 aliphatic heterocycles. The van der Waals surface area contributed by atoms with Gasteiger partial charge in [-0.25, -0.2) is 19.6 Å². The van der Waals surface area contributed by atoms with E-state index in [0.29, 0.717) is 18.8 Å². The van der Waals surface area contributed by atoms with Crippen molar-refractivity contribution in [3.05, 3.63) is 41.0 Å². The number of aliphatic hydroxyl groups excluding tert-OH is 2. The largest absolute Gasteiger partial charge is 0.491 e. The van der Waals surface area contributed by atoms with E-state index in [9.17, 15) is 31.4 Å². The van der Waals surface area contributed by atoms with Gasteiger partial charge in [0.15, 0.2) is 5.65 Å². The quantitative estimate of drug-likeness (QED) is 0.228. The van der Waals surface area contributed by atoms with Gasteiger partial charge in [-0.15, -0.1) is 0 Å². The Balaban J connectivity index is 0.000000473. The van der Waals surface area contributed by atoms with Crippen molar-refractivity contribution in [1.82, 2.24) is 19.9 Å². The van der Waals surface area contributed by atoms with E-state index in [2.05, 4.69) is 30.9 Å². The highest BCUT2D eigenvalue weighted by Crippen LogP contribution is 2.23. The number of fused-ring (bicyclic) bond motifs is 1. The number of hydrogen-bond acceptors (Lipinski definition) is 8. The lowest BCUT2D eigenvalue weighted by Crippen LogP contribution is -2.34. The molecule has 0 radical (unpaired) electrons. The second kappa shape index (κ2) is 15.3. The predicted molar refractivity (Wildman–Crippen MR) is 130 cm³/mol. The molecule has 0 spiro atoms. The van der Waals surface area contributed by atoms with Crippen molar-refractivity contribution >= 4 is 39.0 Å². The molecule has 2 heterocycles. The van der Waals surface area contributed by atoms with Gasteiger partial charge in [0.05, 0.1) is 6.61 Å². The van der Waals surface area contributed by atoms with Crippen LogP contribution in [0.4, 0.5) is 26.3 Å². The molecule has 1 aromatic carbocycles. The lowest BCUT2D eigenvalue weighted by Gasteiger charge is -2.19. The Bertz CT molecular complexity index is 1220. The number of ether oxygens (including phenoxy) is 1. The van der Waals surface area contributed by atoms with Crippen LogP contribution in [0.15, 0.2) is 41.0 Å². The average Bonchev–Trinajstić information content (AvgIpc) is 3.26. The number of alkyl halides is 6. The van der Waals surface area contributed by atoms with Crippen LogP contribution in [0, 0.1) is 0 Å². The zero-order chi connectivity index (χ0) is 30.7. The first-order valence-corrected chi connectivity index (χ1v) is 11.6. The second-order valence-corrected chi connectivity index (χ2v) is 8.60. The number of aliphatic hydroxyl groups is 2. The van der Waals surface area contributed by atoms with Crippen molar-refractivity contribution < 1.29 is 61.1 Å². The Labute approximate surface area is 230 Å². The van der Waals surface area contributed by atoms with Crippen LogP contribution >= 0.6 is 15.9 Å². The summed E-state index contributed by atoms with van der Waals surface area (Å²) in [6.07, 6.45) is -9.06. The summed E-state index contributed by atoms with van der Waals surface area (Å²) in [6, 6.07) is 9.42. The van der Waals surface area contributed by atoms with Crippen molar-refractivity contribution in [1.29, 1.82) is 0 Å². The van der Waals surface area contributed by atoms with Crippen LogP contribution in [0.1, 0.15) is 0 Å². The number of carbonyl (C=O) groups is 2. The SMILES string of the molecule is CN(CCO)CC(O)COc1ccc(-c2nc3cc(Br)cnc3[nH]2)cc1.O=C(O)C(F)(F)F.O=C(O)C(F)(F)F. The summed E-state index contributed by atoms with van der Waals surface area (Å²) < 4.78 is 70.0. The van der Waals surface area contributed by atoms with E-state index in [0.717, 1.165) is 27.0 Å². The minimum Gasteiger partial charge on any atom is -0.491 e. The number of imidazole rings is 1. The third-order valence-electron chi connectivity index (χ3n) is 4.36. The van der Waals surface area contributed by atoms with Crippen molar-refractivity contribution in [2.24, 2.45) is 0 Å². The number of likely N-dealkylation sites (N-methyl/N-ethyl adjacent to an activating group) is 1. The number of carboxylic acid groups (broad SMARTS) is 2. The minimum atomic E-state index is -5.08. The second-order valence-electron chi connectivity index (χ2n) is 7.69. The van der Waals surface area contributed by atoms with Gasteiger partial charge in [-0.3, -0.25) is 0 Å². The molecule has 5 N–H and O–H groups in total. The highest BCUT2D eigenvalue weighted by Gasteiger charge is 2.38.